The lowest BCUT2D eigenvalue weighted by molar-refractivity contribution is 0.350. The average Bonchev–Trinajstić information content (AvgIpc) is 2.52. The van der Waals surface area contributed by atoms with E-state index in [0.717, 1.165) is 17.1 Å². The molecular formula is C17H16O2S. The van der Waals surface area contributed by atoms with E-state index in [1.54, 1.807) is 18.9 Å². The number of hydrogen-bond donors (Lipinski definition) is 1. The Labute approximate surface area is 123 Å². The zero-order valence-corrected chi connectivity index (χ0v) is 12.1. The van der Waals surface area contributed by atoms with Crippen LogP contribution in [0.15, 0.2) is 53.4 Å². The molecule has 2 aromatic rings. The van der Waals surface area contributed by atoms with Crippen LogP contribution in [-0.2, 0) is 5.75 Å². The predicted octanol–water partition coefficient (Wildman–Crippen LogP) is 3.33. The first-order valence-corrected chi connectivity index (χ1v) is 7.26. The zero-order chi connectivity index (χ0) is 14.2. The lowest BCUT2D eigenvalue weighted by Gasteiger charge is -2.04. The molecule has 0 amide bonds. The van der Waals surface area contributed by atoms with Gasteiger partial charge in [0.2, 0.25) is 0 Å². The highest BCUT2D eigenvalue weighted by atomic mass is 32.2. The van der Waals surface area contributed by atoms with E-state index in [-0.39, 0.29) is 6.61 Å². The second-order valence-corrected chi connectivity index (χ2v) is 5.17. The molecule has 0 fully saturated rings. The van der Waals surface area contributed by atoms with Crippen LogP contribution in [0.25, 0.3) is 0 Å². The van der Waals surface area contributed by atoms with E-state index in [0.29, 0.717) is 0 Å². The van der Waals surface area contributed by atoms with Gasteiger partial charge in [-0.05, 0) is 42.0 Å². The number of hydrogen-bond acceptors (Lipinski definition) is 3. The molecular weight excluding hydrogens is 268 g/mol. The number of methoxy groups -OCH3 is 1. The van der Waals surface area contributed by atoms with Crippen LogP contribution in [0.1, 0.15) is 11.1 Å². The van der Waals surface area contributed by atoms with E-state index in [4.69, 9.17) is 9.84 Å². The number of thioether (sulfide) groups is 1. The average molecular weight is 284 g/mol. The Kier molecular flexibility index (Phi) is 5.55. The number of rotatable bonds is 4. The molecule has 2 aromatic carbocycles. The van der Waals surface area contributed by atoms with Gasteiger partial charge in [0.25, 0.3) is 0 Å². The molecule has 2 nitrogen and oxygen atoms in total. The summed E-state index contributed by atoms with van der Waals surface area (Å²) in [7, 11) is 1.67. The van der Waals surface area contributed by atoms with Gasteiger partial charge in [-0.1, -0.05) is 24.0 Å². The molecule has 0 aliphatic heterocycles. The van der Waals surface area contributed by atoms with Crippen LogP contribution in [0.5, 0.6) is 5.75 Å². The van der Waals surface area contributed by atoms with E-state index in [9.17, 15) is 0 Å². The van der Waals surface area contributed by atoms with Gasteiger partial charge in [0.05, 0.1) is 7.11 Å². The summed E-state index contributed by atoms with van der Waals surface area (Å²) in [6, 6.07) is 16.1. The van der Waals surface area contributed by atoms with Crippen molar-refractivity contribution in [3.63, 3.8) is 0 Å². The van der Waals surface area contributed by atoms with E-state index in [1.807, 2.05) is 24.3 Å². The minimum atomic E-state index is -0.102. The third-order valence-corrected chi connectivity index (χ3v) is 3.81. The summed E-state index contributed by atoms with van der Waals surface area (Å²) < 4.78 is 5.14. The zero-order valence-electron chi connectivity index (χ0n) is 11.3. The molecule has 0 atom stereocenters. The third-order valence-electron chi connectivity index (χ3n) is 2.73. The molecule has 3 heteroatoms. The fourth-order valence-corrected chi connectivity index (χ4v) is 2.52. The minimum absolute atomic E-state index is 0.102. The van der Waals surface area contributed by atoms with Crippen LogP contribution in [-0.4, -0.2) is 18.8 Å². The summed E-state index contributed by atoms with van der Waals surface area (Å²) in [4.78, 5) is 1.22. The Hall–Kier alpha value is -1.89. The van der Waals surface area contributed by atoms with Gasteiger partial charge in [0.1, 0.15) is 12.4 Å². The Morgan fingerprint density at radius 3 is 2.35 bits per heavy atom. The van der Waals surface area contributed by atoms with Crippen molar-refractivity contribution in [2.45, 2.75) is 10.6 Å². The predicted molar refractivity (Wildman–Crippen MR) is 83.0 cm³/mol. The van der Waals surface area contributed by atoms with E-state index in [2.05, 4.69) is 36.1 Å². The molecule has 1 N–H and O–H groups in total. The molecule has 0 spiro atoms. The third kappa shape index (κ3) is 4.34. The monoisotopic (exact) mass is 284 g/mol. The Morgan fingerprint density at radius 2 is 1.75 bits per heavy atom. The molecule has 102 valence electrons. The lowest BCUT2D eigenvalue weighted by atomic mass is 10.1. The molecule has 2 rings (SSSR count). The SMILES string of the molecule is COc1ccc(SCc2ccc(C#CCO)cc2)cc1. The van der Waals surface area contributed by atoms with Crippen molar-refractivity contribution in [3.8, 4) is 17.6 Å². The molecule has 0 unspecified atom stereocenters. The maximum absolute atomic E-state index is 8.64. The van der Waals surface area contributed by atoms with Gasteiger partial charge < -0.3 is 9.84 Å². The van der Waals surface area contributed by atoms with Crippen LogP contribution in [0.3, 0.4) is 0 Å². The molecule has 0 radical (unpaired) electrons. The Morgan fingerprint density at radius 1 is 1.05 bits per heavy atom. The first kappa shape index (κ1) is 14.5. The maximum Gasteiger partial charge on any atom is 0.118 e. The van der Waals surface area contributed by atoms with Crippen molar-refractivity contribution >= 4 is 11.8 Å². The van der Waals surface area contributed by atoms with Gasteiger partial charge in [-0.15, -0.1) is 11.8 Å². The molecule has 0 aromatic heterocycles. The largest absolute Gasteiger partial charge is 0.497 e. The van der Waals surface area contributed by atoms with Crippen molar-refractivity contribution in [1.29, 1.82) is 0 Å². The van der Waals surface area contributed by atoms with E-state index >= 15 is 0 Å². The fraction of sp³-hybridized carbons (Fsp3) is 0.176. The fourth-order valence-electron chi connectivity index (χ4n) is 1.66. The topological polar surface area (TPSA) is 29.5 Å². The number of ether oxygens (including phenoxy) is 1. The van der Waals surface area contributed by atoms with Gasteiger partial charge >= 0.3 is 0 Å². The molecule has 0 aliphatic rings. The molecule has 0 bridgehead atoms. The second-order valence-electron chi connectivity index (χ2n) is 4.12. The number of aliphatic hydroxyl groups excluding tert-OH is 1. The van der Waals surface area contributed by atoms with E-state index in [1.165, 1.54) is 10.5 Å². The summed E-state index contributed by atoms with van der Waals surface area (Å²) in [5.41, 5.74) is 2.18. The smallest absolute Gasteiger partial charge is 0.118 e. The Balaban J connectivity index is 1.93. The van der Waals surface area contributed by atoms with Crippen LogP contribution >= 0.6 is 11.8 Å². The number of benzene rings is 2. The van der Waals surface area contributed by atoms with Crippen LogP contribution < -0.4 is 4.74 Å². The summed E-state index contributed by atoms with van der Waals surface area (Å²) in [6.45, 7) is -0.102. The van der Waals surface area contributed by atoms with Crippen LogP contribution in [0.4, 0.5) is 0 Å². The standard InChI is InChI=1S/C17H16O2S/c1-19-16-8-10-17(11-9-16)20-13-15-6-4-14(5-7-15)3-2-12-18/h4-11,18H,12-13H2,1H3. The molecule has 0 saturated heterocycles. The first-order chi connectivity index (χ1) is 9.81. The molecule has 0 aliphatic carbocycles. The quantitative estimate of drug-likeness (QED) is 0.690. The highest BCUT2D eigenvalue weighted by molar-refractivity contribution is 7.98. The minimum Gasteiger partial charge on any atom is -0.497 e. The van der Waals surface area contributed by atoms with Crippen LogP contribution in [0.2, 0.25) is 0 Å². The second kappa shape index (κ2) is 7.64. The maximum atomic E-state index is 8.64. The summed E-state index contributed by atoms with van der Waals surface area (Å²) in [5, 5.41) is 8.64. The van der Waals surface area contributed by atoms with Crippen molar-refractivity contribution in [3.05, 3.63) is 59.7 Å². The lowest BCUT2D eigenvalue weighted by Crippen LogP contribution is -1.84. The number of aliphatic hydroxyl groups is 1. The van der Waals surface area contributed by atoms with E-state index < -0.39 is 0 Å². The van der Waals surface area contributed by atoms with Crippen molar-refractivity contribution < 1.29 is 9.84 Å². The van der Waals surface area contributed by atoms with Gasteiger partial charge in [-0.2, -0.15) is 0 Å². The van der Waals surface area contributed by atoms with Crippen molar-refractivity contribution in [2.24, 2.45) is 0 Å². The highest BCUT2D eigenvalue weighted by Crippen LogP contribution is 2.24. The van der Waals surface area contributed by atoms with Crippen molar-refractivity contribution in [2.75, 3.05) is 13.7 Å². The van der Waals surface area contributed by atoms with Gasteiger partial charge in [0.15, 0.2) is 0 Å². The summed E-state index contributed by atoms with van der Waals surface area (Å²) >= 11 is 1.78. The first-order valence-electron chi connectivity index (χ1n) is 6.27. The van der Waals surface area contributed by atoms with Gasteiger partial charge in [0, 0.05) is 16.2 Å². The summed E-state index contributed by atoms with van der Waals surface area (Å²) in [5.74, 6) is 7.32. The van der Waals surface area contributed by atoms with Gasteiger partial charge in [-0.25, -0.2) is 0 Å². The molecule has 0 saturated carbocycles. The Bertz CT molecular complexity index is 592. The molecule has 0 heterocycles. The normalized spacial score (nSPS) is 9.70. The molecule has 20 heavy (non-hydrogen) atoms. The highest BCUT2D eigenvalue weighted by Gasteiger charge is 1.97. The van der Waals surface area contributed by atoms with Crippen LogP contribution in [0, 0.1) is 11.8 Å². The summed E-state index contributed by atoms with van der Waals surface area (Å²) in [6.07, 6.45) is 0. The van der Waals surface area contributed by atoms with Crippen molar-refractivity contribution in [1.82, 2.24) is 0 Å². The van der Waals surface area contributed by atoms with Gasteiger partial charge in [-0.3, -0.25) is 0 Å².